The number of carboxylic acids is 1. The maximum Gasteiger partial charge on any atom is 0.407 e. The van der Waals surface area contributed by atoms with Gasteiger partial charge in [-0.3, -0.25) is 4.79 Å². The van der Waals surface area contributed by atoms with Crippen molar-refractivity contribution in [1.82, 2.24) is 10.2 Å². The number of likely N-dealkylation sites (N-methyl/N-ethyl adjacent to an activating group) is 1. The van der Waals surface area contributed by atoms with Crippen molar-refractivity contribution in [2.45, 2.75) is 45.8 Å². The van der Waals surface area contributed by atoms with Crippen LogP contribution in [0.25, 0.3) is 0 Å². The zero-order chi connectivity index (χ0) is 14.3. The van der Waals surface area contributed by atoms with Crippen molar-refractivity contribution < 1.29 is 19.4 Å². The van der Waals surface area contributed by atoms with E-state index >= 15 is 0 Å². The topological polar surface area (TPSA) is 78.9 Å². The molecule has 0 aromatic heterocycles. The molecule has 0 aromatic carbocycles. The number of nitrogens with one attached hydrogen (secondary N) is 1. The van der Waals surface area contributed by atoms with Crippen molar-refractivity contribution >= 4 is 12.1 Å². The Morgan fingerprint density at radius 3 is 2.22 bits per heavy atom. The summed E-state index contributed by atoms with van der Waals surface area (Å²) in [5, 5.41) is 10.3. The fourth-order valence-corrected chi connectivity index (χ4v) is 1.53. The first-order valence-electron chi connectivity index (χ1n) is 5.97. The quantitative estimate of drug-likeness (QED) is 0.743. The van der Waals surface area contributed by atoms with Gasteiger partial charge in [0.05, 0.1) is 0 Å². The van der Waals surface area contributed by atoms with E-state index in [-0.39, 0.29) is 12.1 Å². The fourth-order valence-electron chi connectivity index (χ4n) is 1.53. The molecule has 1 aliphatic rings. The summed E-state index contributed by atoms with van der Waals surface area (Å²) in [6, 6.07) is 0.245. The van der Waals surface area contributed by atoms with Crippen LogP contribution < -0.4 is 5.32 Å². The lowest BCUT2D eigenvalue weighted by molar-refractivity contribution is -0.134. The Bertz CT molecular complexity index is 282. The molecule has 1 saturated heterocycles. The average molecular weight is 260 g/mol. The lowest BCUT2D eigenvalue weighted by atomic mass is 10.2. The van der Waals surface area contributed by atoms with Gasteiger partial charge in [-0.05, 0) is 40.8 Å². The molecule has 18 heavy (non-hydrogen) atoms. The Labute approximate surface area is 108 Å². The van der Waals surface area contributed by atoms with Crippen LogP contribution in [0.1, 0.15) is 34.1 Å². The zero-order valence-electron chi connectivity index (χ0n) is 11.8. The maximum absolute atomic E-state index is 11.4. The lowest BCUT2D eigenvalue weighted by Crippen LogP contribution is -2.40. The van der Waals surface area contributed by atoms with Gasteiger partial charge in [-0.1, -0.05) is 0 Å². The highest BCUT2D eigenvalue weighted by Gasteiger charge is 2.23. The molecule has 1 amide bonds. The fraction of sp³-hybridized carbons (Fsp3) is 0.833. The SMILES string of the molecule is CC(=O)O.CN1CC[C@H](NC(=O)OC(C)(C)C)C1. The molecule has 1 rings (SSSR count). The molecule has 0 aromatic rings. The van der Waals surface area contributed by atoms with Crippen LogP contribution in [-0.2, 0) is 9.53 Å². The van der Waals surface area contributed by atoms with E-state index in [9.17, 15) is 4.79 Å². The number of ether oxygens (including phenoxy) is 1. The molecule has 1 atom stereocenters. The number of carboxylic acid groups (broad SMARTS) is 1. The Morgan fingerprint density at radius 1 is 1.39 bits per heavy atom. The molecule has 1 aliphatic heterocycles. The largest absolute Gasteiger partial charge is 0.481 e. The normalized spacial score (nSPS) is 19.7. The number of amides is 1. The Morgan fingerprint density at radius 2 is 1.89 bits per heavy atom. The molecule has 6 heteroatoms. The van der Waals surface area contributed by atoms with E-state index in [2.05, 4.69) is 17.3 Å². The van der Waals surface area contributed by atoms with E-state index in [1.54, 1.807) is 0 Å². The smallest absolute Gasteiger partial charge is 0.407 e. The van der Waals surface area contributed by atoms with E-state index < -0.39 is 11.6 Å². The molecule has 0 spiro atoms. The number of carbonyl (C=O) groups is 2. The number of alkyl carbamates (subject to hydrolysis) is 1. The first kappa shape index (κ1) is 16.7. The van der Waals surface area contributed by atoms with Crippen molar-refractivity contribution in [2.24, 2.45) is 0 Å². The molecular formula is C12H24N2O4. The minimum absolute atomic E-state index is 0.245. The first-order chi connectivity index (χ1) is 8.10. The monoisotopic (exact) mass is 260 g/mol. The van der Waals surface area contributed by atoms with Crippen LogP contribution in [0.5, 0.6) is 0 Å². The second-order valence-corrected chi connectivity index (χ2v) is 5.41. The van der Waals surface area contributed by atoms with E-state index in [1.165, 1.54) is 0 Å². The van der Waals surface area contributed by atoms with Gasteiger partial charge in [-0.15, -0.1) is 0 Å². The van der Waals surface area contributed by atoms with Crippen LogP contribution in [0, 0.1) is 0 Å². The van der Waals surface area contributed by atoms with Gasteiger partial charge in [0.2, 0.25) is 0 Å². The lowest BCUT2D eigenvalue weighted by Gasteiger charge is -2.21. The van der Waals surface area contributed by atoms with Crippen LogP contribution in [0.15, 0.2) is 0 Å². The molecule has 0 saturated carbocycles. The number of carbonyl (C=O) groups excluding carboxylic acids is 1. The van der Waals surface area contributed by atoms with E-state index in [1.807, 2.05) is 20.8 Å². The van der Waals surface area contributed by atoms with Gasteiger partial charge in [0.25, 0.3) is 5.97 Å². The third kappa shape index (κ3) is 9.89. The first-order valence-corrected chi connectivity index (χ1v) is 5.97. The average Bonchev–Trinajstić information content (AvgIpc) is 2.45. The summed E-state index contributed by atoms with van der Waals surface area (Å²) in [7, 11) is 2.05. The number of hydrogen-bond acceptors (Lipinski definition) is 4. The van der Waals surface area contributed by atoms with Crippen molar-refractivity contribution in [2.75, 3.05) is 20.1 Å². The van der Waals surface area contributed by atoms with Crippen LogP contribution in [0.3, 0.4) is 0 Å². The van der Waals surface area contributed by atoms with Crippen LogP contribution in [-0.4, -0.2) is 53.8 Å². The summed E-state index contributed by atoms with van der Waals surface area (Å²) in [5.74, 6) is -0.833. The van der Waals surface area contributed by atoms with Gasteiger partial charge in [0, 0.05) is 19.5 Å². The molecule has 2 N–H and O–H groups in total. The summed E-state index contributed by atoms with van der Waals surface area (Å²) in [6.45, 7) is 8.65. The molecular weight excluding hydrogens is 236 g/mol. The minimum Gasteiger partial charge on any atom is -0.481 e. The molecule has 0 bridgehead atoms. The van der Waals surface area contributed by atoms with Gasteiger partial charge in [-0.2, -0.15) is 0 Å². The van der Waals surface area contributed by atoms with E-state index in [0.717, 1.165) is 26.4 Å². The van der Waals surface area contributed by atoms with Crippen molar-refractivity contribution in [3.63, 3.8) is 0 Å². The summed E-state index contributed by atoms with van der Waals surface area (Å²) in [6.07, 6.45) is 0.702. The Balaban J connectivity index is 0.000000631. The highest BCUT2D eigenvalue weighted by molar-refractivity contribution is 5.68. The molecule has 1 fully saturated rings. The van der Waals surface area contributed by atoms with Gasteiger partial charge in [-0.25, -0.2) is 4.79 Å². The molecule has 0 radical (unpaired) electrons. The second-order valence-electron chi connectivity index (χ2n) is 5.41. The summed E-state index contributed by atoms with van der Waals surface area (Å²) in [5.41, 5.74) is -0.408. The molecule has 106 valence electrons. The Kier molecular flexibility index (Phi) is 6.68. The predicted molar refractivity (Wildman–Crippen MR) is 68.6 cm³/mol. The Hall–Kier alpha value is -1.30. The highest BCUT2D eigenvalue weighted by atomic mass is 16.6. The minimum atomic E-state index is -0.833. The van der Waals surface area contributed by atoms with Crippen LogP contribution in [0.2, 0.25) is 0 Å². The van der Waals surface area contributed by atoms with Gasteiger partial charge < -0.3 is 20.1 Å². The standard InChI is InChI=1S/C10H20N2O2.C2H4O2/c1-10(2,3)14-9(13)11-8-5-6-12(4)7-8;1-2(3)4/h8H,5-7H2,1-4H3,(H,11,13);1H3,(H,3,4)/t8-;/m0./s1. The second kappa shape index (κ2) is 7.20. The maximum atomic E-state index is 11.4. The van der Waals surface area contributed by atoms with Gasteiger partial charge in [0.1, 0.15) is 5.60 Å². The zero-order valence-corrected chi connectivity index (χ0v) is 11.8. The number of hydrogen-bond donors (Lipinski definition) is 2. The van der Waals surface area contributed by atoms with E-state index in [0.29, 0.717) is 0 Å². The third-order valence-electron chi connectivity index (χ3n) is 2.11. The number of nitrogens with zero attached hydrogens (tertiary/aromatic N) is 1. The number of rotatable bonds is 1. The molecule has 6 nitrogen and oxygen atoms in total. The number of aliphatic carboxylic acids is 1. The van der Waals surface area contributed by atoms with E-state index in [4.69, 9.17) is 14.6 Å². The van der Waals surface area contributed by atoms with Crippen LogP contribution >= 0.6 is 0 Å². The van der Waals surface area contributed by atoms with Crippen molar-refractivity contribution in [3.05, 3.63) is 0 Å². The number of likely N-dealkylation sites (tertiary alicyclic amines) is 1. The third-order valence-corrected chi connectivity index (χ3v) is 2.11. The molecule has 0 aliphatic carbocycles. The van der Waals surface area contributed by atoms with Crippen molar-refractivity contribution in [1.29, 1.82) is 0 Å². The summed E-state index contributed by atoms with van der Waals surface area (Å²) < 4.78 is 5.17. The highest BCUT2D eigenvalue weighted by Crippen LogP contribution is 2.09. The predicted octanol–water partition coefficient (Wildman–Crippen LogP) is 1.31. The molecule has 0 unspecified atom stereocenters. The summed E-state index contributed by atoms with van der Waals surface area (Å²) in [4.78, 5) is 22.6. The van der Waals surface area contributed by atoms with Crippen LogP contribution in [0.4, 0.5) is 4.79 Å². The molecule has 1 heterocycles. The van der Waals surface area contributed by atoms with Crippen molar-refractivity contribution in [3.8, 4) is 0 Å². The summed E-state index contributed by atoms with van der Waals surface area (Å²) >= 11 is 0. The van der Waals surface area contributed by atoms with Gasteiger partial charge in [0.15, 0.2) is 0 Å². The van der Waals surface area contributed by atoms with Gasteiger partial charge >= 0.3 is 6.09 Å².